The number of hydrogen-bond acceptors (Lipinski definition) is 3. The minimum absolute atomic E-state index is 0.151. The van der Waals surface area contributed by atoms with E-state index in [0.717, 1.165) is 16.7 Å². The van der Waals surface area contributed by atoms with Gasteiger partial charge in [-0.05, 0) is 17.7 Å². The standard InChI is InChI=1S/C22H19NO3/c24-19-13-11-16(12-14-19)15-20(22(25)26)23-21(17-7-3-1-4-8-17)18-9-5-2-6-10-18/h1-14,20,24H,15H2,(H,25,26)/t20-/m0/s1. The lowest BCUT2D eigenvalue weighted by molar-refractivity contribution is -0.138. The Bertz CT molecular complexity index is 846. The summed E-state index contributed by atoms with van der Waals surface area (Å²) in [5.74, 6) is -0.833. The molecule has 4 heteroatoms. The third kappa shape index (κ3) is 4.36. The number of aromatic hydroxyl groups is 1. The van der Waals surface area contributed by atoms with Gasteiger partial charge in [-0.25, -0.2) is 4.79 Å². The van der Waals surface area contributed by atoms with Crippen molar-refractivity contribution in [1.82, 2.24) is 0 Å². The fourth-order valence-electron chi connectivity index (χ4n) is 2.71. The van der Waals surface area contributed by atoms with Crippen molar-refractivity contribution in [2.75, 3.05) is 0 Å². The molecule has 0 unspecified atom stereocenters. The van der Waals surface area contributed by atoms with Crippen LogP contribution in [0.3, 0.4) is 0 Å². The monoisotopic (exact) mass is 345 g/mol. The van der Waals surface area contributed by atoms with Crippen molar-refractivity contribution < 1.29 is 15.0 Å². The summed E-state index contributed by atoms with van der Waals surface area (Å²) in [7, 11) is 0. The van der Waals surface area contributed by atoms with Crippen molar-refractivity contribution in [2.24, 2.45) is 4.99 Å². The smallest absolute Gasteiger partial charge is 0.328 e. The molecule has 0 radical (unpaired) electrons. The van der Waals surface area contributed by atoms with Crippen molar-refractivity contribution >= 4 is 11.7 Å². The van der Waals surface area contributed by atoms with Gasteiger partial charge >= 0.3 is 5.97 Å². The molecule has 0 fully saturated rings. The summed E-state index contributed by atoms with van der Waals surface area (Å²) < 4.78 is 0. The topological polar surface area (TPSA) is 69.9 Å². The highest BCUT2D eigenvalue weighted by Gasteiger charge is 2.19. The fraction of sp³-hybridized carbons (Fsp3) is 0.0909. The average molecular weight is 345 g/mol. The predicted molar refractivity (Wildman–Crippen MR) is 102 cm³/mol. The van der Waals surface area contributed by atoms with Crippen molar-refractivity contribution in [1.29, 1.82) is 0 Å². The van der Waals surface area contributed by atoms with E-state index in [2.05, 4.69) is 4.99 Å². The van der Waals surface area contributed by atoms with Crippen LogP contribution in [0.25, 0.3) is 0 Å². The van der Waals surface area contributed by atoms with E-state index < -0.39 is 12.0 Å². The van der Waals surface area contributed by atoms with E-state index in [-0.39, 0.29) is 12.2 Å². The van der Waals surface area contributed by atoms with Crippen LogP contribution in [-0.4, -0.2) is 27.9 Å². The van der Waals surface area contributed by atoms with Crippen molar-refractivity contribution in [3.63, 3.8) is 0 Å². The molecule has 4 nitrogen and oxygen atoms in total. The van der Waals surface area contributed by atoms with E-state index in [9.17, 15) is 15.0 Å². The number of hydrogen-bond donors (Lipinski definition) is 2. The van der Waals surface area contributed by atoms with Gasteiger partial charge in [0.25, 0.3) is 0 Å². The maximum absolute atomic E-state index is 11.8. The first-order chi connectivity index (χ1) is 12.6. The maximum Gasteiger partial charge on any atom is 0.328 e. The molecule has 0 aromatic heterocycles. The lowest BCUT2D eigenvalue weighted by Gasteiger charge is -2.13. The minimum atomic E-state index is -0.984. The first kappa shape index (κ1) is 17.4. The van der Waals surface area contributed by atoms with E-state index >= 15 is 0 Å². The Kier molecular flexibility index (Phi) is 5.44. The van der Waals surface area contributed by atoms with Crippen LogP contribution in [0.4, 0.5) is 0 Å². The second kappa shape index (κ2) is 8.12. The average Bonchev–Trinajstić information content (AvgIpc) is 2.68. The lowest BCUT2D eigenvalue weighted by Crippen LogP contribution is -2.23. The van der Waals surface area contributed by atoms with Crippen LogP contribution >= 0.6 is 0 Å². The van der Waals surface area contributed by atoms with Gasteiger partial charge in [-0.1, -0.05) is 72.8 Å². The second-order valence-electron chi connectivity index (χ2n) is 5.93. The number of nitrogens with zero attached hydrogens (tertiary/aromatic N) is 1. The van der Waals surface area contributed by atoms with Crippen molar-refractivity contribution in [3.05, 3.63) is 102 Å². The number of carbonyl (C=O) groups is 1. The molecule has 26 heavy (non-hydrogen) atoms. The molecule has 3 rings (SSSR count). The summed E-state index contributed by atoms with van der Waals surface area (Å²) in [5.41, 5.74) is 3.20. The lowest BCUT2D eigenvalue weighted by atomic mass is 10.0. The van der Waals surface area contributed by atoms with Gasteiger partial charge in [0.2, 0.25) is 0 Å². The molecule has 0 aliphatic rings. The Balaban J connectivity index is 2.00. The van der Waals surface area contributed by atoms with Crippen LogP contribution in [0.2, 0.25) is 0 Å². The summed E-state index contributed by atoms with van der Waals surface area (Å²) in [6.45, 7) is 0. The molecule has 3 aromatic carbocycles. The summed E-state index contributed by atoms with van der Waals surface area (Å²) in [6.07, 6.45) is 0.249. The Morgan fingerprint density at radius 3 is 1.77 bits per heavy atom. The van der Waals surface area contributed by atoms with E-state index in [1.54, 1.807) is 24.3 Å². The molecular weight excluding hydrogens is 326 g/mol. The molecular formula is C22H19NO3. The normalized spacial score (nSPS) is 11.5. The molecule has 2 N–H and O–H groups in total. The molecule has 3 aromatic rings. The number of aliphatic carboxylic acids is 1. The van der Waals surface area contributed by atoms with Crippen LogP contribution in [0.15, 0.2) is 89.9 Å². The van der Waals surface area contributed by atoms with Crippen LogP contribution in [0.1, 0.15) is 16.7 Å². The van der Waals surface area contributed by atoms with Gasteiger partial charge in [-0.2, -0.15) is 0 Å². The van der Waals surface area contributed by atoms with Gasteiger partial charge in [0.15, 0.2) is 6.04 Å². The maximum atomic E-state index is 11.8. The van der Waals surface area contributed by atoms with Gasteiger partial charge in [0, 0.05) is 17.5 Å². The minimum Gasteiger partial charge on any atom is -0.508 e. The van der Waals surface area contributed by atoms with Crippen LogP contribution < -0.4 is 0 Å². The third-order valence-corrected chi connectivity index (χ3v) is 4.03. The van der Waals surface area contributed by atoms with Crippen LogP contribution in [0.5, 0.6) is 5.75 Å². The van der Waals surface area contributed by atoms with Crippen molar-refractivity contribution in [2.45, 2.75) is 12.5 Å². The highest BCUT2D eigenvalue weighted by Crippen LogP contribution is 2.16. The number of carboxylic acids is 1. The van der Waals surface area contributed by atoms with Gasteiger partial charge in [0.05, 0.1) is 5.71 Å². The molecule has 0 heterocycles. The van der Waals surface area contributed by atoms with Gasteiger partial charge < -0.3 is 10.2 Å². The number of rotatable bonds is 6. The molecule has 0 saturated heterocycles. The molecule has 130 valence electrons. The quantitative estimate of drug-likeness (QED) is 0.665. The Morgan fingerprint density at radius 1 is 0.808 bits per heavy atom. The summed E-state index contributed by atoms with van der Waals surface area (Å²) in [6, 6.07) is 24.7. The van der Waals surface area contributed by atoms with Crippen LogP contribution in [-0.2, 0) is 11.2 Å². The van der Waals surface area contributed by atoms with E-state index in [1.807, 2.05) is 60.7 Å². The number of aliphatic imine (C=N–C) groups is 1. The van der Waals surface area contributed by atoms with Crippen molar-refractivity contribution in [3.8, 4) is 5.75 Å². The largest absolute Gasteiger partial charge is 0.508 e. The highest BCUT2D eigenvalue weighted by molar-refractivity contribution is 6.13. The summed E-state index contributed by atoms with van der Waals surface area (Å²) >= 11 is 0. The first-order valence-electron chi connectivity index (χ1n) is 8.33. The summed E-state index contributed by atoms with van der Waals surface area (Å²) in [4.78, 5) is 16.4. The molecule has 0 bridgehead atoms. The molecule has 1 atom stereocenters. The summed E-state index contributed by atoms with van der Waals surface area (Å²) in [5, 5.41) is 19.1. The predicted octanol–water partition coefficient (Wildman–Crippen LogP) is 3.93. The number of carboxylic acid groups (broad SMARTS) is 1. The number of benzene rings is 3. The van der Waals surface area contributed by atoms with Gasteiger partial charge in [-0.3, -0.25) is 4.99 Å². The number of phenolic OH excluding ortho intramolecular Hbond substituents is 1. The molecule has 0 aliphatic heterocycles. The van der Waals surface area contributed by atoms with Gasteiger partial charge in [-0.15, -0.1) is 0 Å². The van der Waals surface area contributed by atoms with E-state index in [0.29, 0.717) is 5.71 Å². The fourth-order valence-corrected chi connectivity index (χ4v) is 2.71. The van der Waals surface area contributed by atoms with E-state index in [4.69, 9.17) is 0 Å². The zero-order valence-electron chi connectivity index (χ0n) is 14.1. The Hall–Kier alpha value is -3.40. The van der Waals surface area contributed by atoms with Gasteiger partial charge in [0.1, 0.15) is 5.75 Å². The zero-order valence-corrected chi connectivity index (χ0v) is 14.1. The highest BCUT2D eigenvalue weighted by atomic mass is 16.4. The second-order valence-corrected chi connectivity index (χ2v) is 5.93. The zero-order chi connectivity index (χ0) is 18.4. The first-order valence-corrected chi connectivity index (χ1v) is 8.33. The molecule has 0 amide bonds. The SMILES string of the molecule is O=C(O)[C@H](Cc1ccc(O)cc1)N=C(c1ccccc1)c1ccccc1. The molecule has 0 saturated carbocycles. The molecule has 0 aliphatic carbocycles. The van der Waals surface area contributed by atoms with Crippen LogP contribution in [0, 0.1) is 0 Å². The molecule has 0 spiro atoms. The number of phenols is 1. The third-order valence-electron chi connectivity index (χ3n) is 4.03. The Morgan fingerprint density at radius 2 is 1.31 bits per heavy atom. The Labute approximate surface area is 152 Å². The van der Waals surface area contributed by atoms with E-state index in [1.165, 1.54) is 0 Å².